The molecule has 0 aliphatic rings. The van der Waals surface area contributed by atoms with Crippen molar-refractivity contribution in [2.75, 3.05) is 21.3 Å². The molecule has 2 aromatic carbocycles. The van der Waals surface area contributed by atoms with Gasteiger partial charge < -0.3 is 14.2 Å². The van der Waals surface area contributed by atoms with Gasteiger partial charge in [-0.25, -0.2) is 0 Å². The standard InChI is InChI=1S/C19H22O4/c1-13(20)10-16(14-8-6-5-7-9-14)15-11-17(21-2)19(23-4)18(12-15)22-3/h5-9,11-12,16H,10H2,1-4H3. The van der Waals surface area contributed by atoms with Crippen molar-refractivity contribution in [2.45, 2.75) is 19.3 Å². The van der Waals surface area contributed by atoms with Crippen molar-refractivity contribution < 1.29 is 19.0 Å². The summed E-state index contributed by atoms with van der Waals surface area (Å²) in [5, 5.41) is 0. The van der Waals surface area contributed by atoms with E-state index in [1.54, 1.807) is 28.3 Å². The topological polar surface area (TPSA) is 44.8 Å². The lowest BCUT2D eigenvalue weighted by atomic mass is 9.87. The maximum Gasteiger partial charge on any atom is 0.203 e. The maximum atomic E-state index is 11.7. The van der Waals surface area contributed by atoms with Gasteiger partial charge in [0.15, 0.2) is 11.5 Å². The fourth-order valence-corrected chi connectivity index (χ4v) is 2.70. The summed E-state index contributed by atoms with van der Waals surface area (Å²) in [6.45, 7) is 1.61. The molecule has 0 amide bonds. The van der Waals surface area contributed by atoms with Gasteiger partial charge in [-0.2, -0.15) is 0 Å². The predicted molar refractivity (Wildman–Crippen MR) is 89.7 cm³/mol. The average molecular weight is 314 g/mol. The molecule has 0 radical (unpaired) electrons. The molecular formula is C19H22O4. The number of carbonyl (C=O) groups excluding carboxylic acids is 1. The number of hydrogen-bond donors (Lipinski definition) is 0. The van der Waals surface area contributed by atoms with Crippen molar-refractivity contribution in [1.82, 2.24) is 0 Å². The minimum Gasteiger partial charge on any atom is -0.493 e. The molecule has 0 N–H and O–H groups in total. The number of Topliss-reactive ketones (excluding diaryl/α,β-unsaturated/α-hetero) is 1. The monoisotopic (exact) mass is 314 g/mol. The fourth-order valence-electron chi connectivity index (χ4n) is 2.70. The molecule has 0 spiro atoms. The Morgan fingerprint density at radius 1 is 0.913 bits per heavy atom. The Hall–Kier alpha value is -2.49. The lowest BCUT2D eigenvalue weighted by Crippen LogP contribution is -2.07. The van der Waals surface area contributed by atoms with Gasteiger partial charge in [-0.05, 0) is 30.2 Å². The summed E-state index contributed by atoms with van der Waals surface area (Å²) >= 11 is 0. The number of rotatable bonds is 7. The molecule has 2 rings (SSSR count). The van der Waals surface area contributed by atoms with Crippen molar-refractivity contribution in [3.05, 3.63) is 53.6 Å². The summed E-state index contributed by atoms with van der Waals surface area (Å²) < 4.78 is 16.2. The quantitative estimate of drug-likeness (QED) is 0.779. The Bertz CT molecular complexity index is 639. The third-order valence-electron chi connectivity index (χ3n) is 3.78. The molecule has 1 atom stereocenters. The molecular weight excluding hydrogens is 292 g/mol. The third-order valence-corrected chi connectivity index (χ3v) is 3.78. The van der Waals surface area contributed by atoms with Crippen LogP contribution in [-0.4, -0.2) is 27.1 Å². The lowest BCUT2D eigenvalue weighted by Gasteiger charge is -2.20. The van der Waals surface area contributed by atoms with Crippen molar-refractivity contribution in [1.29, 1.82) is 0 Å². The predicted octanol–water partition coefficient (Wildman–Crippen LogP) is 3.82. The van der Waals surface area contributed by atoms with Gasteiger partial charge in [0.1, 0.15) is 5.78 Å². The highest BCUT2D eigenvalue weighted by molar-refractivity contribution is 5.77. The Kier molecular flexibility index (Phi) is 5.63. The van der Waals surface area contributed by atoms with Crippen LogP contribution in [0.2, 0.25) is 0 Å². The van der Waals surface area contributed by atoms with E-state index in [0.29, 0.717) is 23.7 Å². The molecule has 0 bridgehead atoms. The largest absolute Gasteiger partial charge is 0.493 e. The van der Waals surface area contributed by atoms with Crippen molar-refractivity contribution in [3.63, 3.8) is 0 Å². The van der Waals surface area contributed by atoms with Crippen LogP contribution in [0.4, 0.5) is 0 Å². The molecule has 0 aromatic heterocycles. The van der Waals surface area contributed by atoms with Gasteiger partial charge in [0.2, 0.25) is 5.75 Å². The van der Waals surface area contributed by atoms with E-state index in [-0.39, 0.29) is 11.7 Å². The van der Waals surface area contributed by atoms with E-state index < -0.39 is 0 Å². The first-order valence-corrected chi connectivity index (χ1v) is 7.45. The Balaban J connectivity index is 2.56. The molecule has 0 saturated heterocycles. The van der Waals surface area contributed by atoms with Crippen LogP contribution in [0, 0.1) is 0 Å². The Morgan fingerprint density at radius 2 is 1.48 bits per heavy atom. The number of methoxy groups -OCH3 is 3. The van der Waals surface area contributed by atoms with Crippen LogP contribution in [0.5, 0.6) is 17.2 Å². The zero-order valence-corrected chi connectivity index (χ0v) is 14.0. The number of ether oxygens (including phenoxy) is 3. The molecule has 0 saturated carbocycles. The zero-order valence-electron chi connectivity index (χ0n) is 14.0. The molecule has 122 valence electrons. The van der Waals surface area contributed by atoms with Gasteiger partial charge in [0.25, 0.3) is 0 Å². The molecule has 0 fully saturated rings. The number of ketones is 1. The molecule has 1 unspecified atom stereocenters. The van der Waals surface area contributed by atoms with Crippen molar-refractivity contribution in [3.8, 4) is 17.2 Å². The van der Waals surface area contributed by atoms with E-state index in [1.165, 1.54) is 0 Å². The first-order valence-electron chi connectivity index (χ1n) is 7.45. The van der Waals surface area contributed by atoms with Crippen LogP contribution in [0.15, 0.2) is 42.5 Å². The highest BCUT2D eigenvalue weighted by Crippen LogP contribution is 2.42. The van der Waals surface area contributed by atoms with E-state index in [1.807, 2.05) is 42.5 Å². The van der Waals surface area contributed by atoms with E-state index in [2.05, 4.69) is 0 Å². The average Bonchev–Trinajstić information content (AvgIpc) is 2.58. The lowest BCUT2D eigenvalue weighted by molar-refractivity contribution is -0.117. The van der Waals surface area contributed by atoms with E-state index in [0.717, 1.165) is 11.1 Å². The second-order valence-electron chi connectivity index (χ2n) is 5.33. The number of carbonyl (C=O) groups is 1. The SMILES string of the molecule is COc1cc(C(CC(C)=O)c2ccccc2)cc(OC)c1OC. The van der Waals surface area contributed by atoms with Gasteiger partial charge in [-0.15, -0.1) is 0 Å². The summed E-state index contributed by atoms with van der Waals surface area (Å²) in [6.07, 6.45) is 0.419. The first kappa shape index (κ1) is 16.9. The second-order valence-corrected chi connectivity index (χ2v) is 5.33. The first-order chi connectivity index (χ1) is 11.1. The number of hydrogen-bond acceptors (Lipinski definition) is 4. The smallest absolute Gasteiger partial charge is 0.203 e. The molecule has 4 nitrogen and oxygen atoms in total. The zero-order chi connectivity index (χ0) is 16.8. The normalized spacial score (nSPS) is 11.7. The minimum atomic E-state index is -0.0533. The van der Waals surface area contributed by atoms with Gasteiger partial charge in [0.05, 0.1) is 21.3 Å². The van der Waals surface area contributed by atoms with Gasteiger partial charge in [-0.1, -0.05) is 30.3 Å². The fraction of sp³-hybridized carbons (Fsp3) is 0.316. The summed E-state index contributed by atoms with van der Waals surface area (Å²) in [4.78, 5) is 11.7. The van der Waals surface area contributed by atoms with Crippen molar-refractivity contribution in [2.24, 2.45) is 0 Å². The van der Waals surface area contributed by atoms with Gasteiger partial charge >= 0.3 is 0 Å². The third kappa shape index (κ3) is 3.83. The van der Waals surface area contributed by atoms with E-state index in [9.17, 15) is 4.79 Å². The summed E-state index contributed by atoms with van der Waals surface area (Å²) in [7, 11) is 4.75. The summed E-state index contributed by atoms with van der Waals surface area (Å²) in [6, 6.07) is 13.8. The van der Waals surface area contributed by atoms with Crippen LogP contribution >= 0.6 is 0 Å². The Labute approximate surface area is 137 Å². The van der Waals surface area contributed by atoms with Crippen LogP contribution < -0.4 is 14.2 Å². The highest BCUT2D eigenvalue weighted by atomic mass is 16.5. The van der Waals surface area contributed by atoms with Crippen LogP contribution in [-0.2, 0) is 4.79 Å². The highest BCUT2D eigenvalue weighted by Gasteiger charge is 2.21. The maximum absolute atomic E-state index is 11.7. The van der Waals surface area contributed by atoms with Crippen LogP contribution in [0.1, 0.15) is 30.4 Å². The molecule has 0 aliphatic carbocycles. The molecule has 4 heteroatoms. The molecule has 0 aliphatic heterocycles. The van der Waals surface area contributed by atoms with E-state index in [4.69, 9.17) is 14.2 Å². The summed E-state index contributed by atoms with van der Waals surface area (Å²) in [5.41, 5.74) is 2.04. The van der Waals surface area contributed by atoms with Gasteiger partial charge in [0, 0.05) is 12.3 Å². The second kappa shape index (κ2) is 7.68. The van der Waals surface area contributed by atoms with E-state index >= 15 is 0 Å². The molecule has 0 heterocycles. The van der Waals surface area contributed by atoms with Gasteiger partial charge in [-0.3, -0.25) is 4.79 Å². The Morgan fingerprint density at radius 3 is 1.91 bits per heavy atom. The van der Waals surface area contributed by atoms with Crippen LogP contribution in [0.25, 0.3) is 0 Å². The minimum absolute atomic E-state index is 0.0533. The van der Waals surface area contributed by atoms with Crippen LogP contribution in [0.3, 0.4) is 0 Å². The van der Waals surface area contributed by atoms with Crippen molar-refractivity contribution >= 4 is 5.78 Å². The molecule has 2 aromatic rings. The molecule has 23 heavy (non-hydrogen) atoms. The summed E-state index contributed by atoms with van der Waals surface area (Å²) in [5.74, 6) is 1.81. The number of benzene rings is 2.